The van der Waals surface area contributed by atoms with Crippen molar-refractivity contribution in [3.8, 4) is 17.3 Å². The number of furan rings is 1. The smallest absolute Gasteiger partial charge is 0.235 e. The highest BCUT2D eigenvalue weighted by Crippen LogP contribution is 2.32. The van der Waals surface area contributed by atoms with Crippen LogP contribution in [0.5, 0.6) is 5.75 Å². The van der Waals surface area contributed by atoms with Crippen molar-refractivity contribution in [3.05, 3.63) is 87.8 Å². The van der Waals surface area contributed by atoms with Crippen LogP contribution in [0.4, 0.5) is 0 Å². The fourth-order valence-corrected chi connectivity index (χ4v) is 3.18. The fraction of sp³-hybridized carbons (Fsp3) is 0.130. The molecule has 2 aromatic heterocycles. The number of fused-ring (bicyclic) bond motifs is 1. The summed E-state index contributed by atoms with van der Waals surface area (Å²) in [6, 6.07) is 15.9. The molecule has 0 aliphatic rings. The van der Waals surface area contributed by atoms with Gasteiger partial charge in [-0.1, -0.05) is 36.4 Å². The standard InChI is InChI=1S/C23H18O5/c1-14-11-15(2)21-17(12-14)20(25)23(22(28-21)19-9-6-10-26-19)27-13-18(24)16-7-4-3-5-8-16/h3-12H,13H2,1-2H3. The van der Waals surface area contributed by atoms with Gasteiger partial charge < -0.3 is 13.6 Å². The normalized spacial score (nSPS) is 10.9. The van der Waals surface area contributed by atoms with Crippen molar-refractivity contribution in [3.63, 3.8) is 0 Å². The van der Waals surface area contributed by atoms with Crippen LogP contribution in [0, 0.1) is 13.8 Å². The maximum absolute atomic E-state index is 13.2. The minimum absolute atomic E-state index is 0.0308. The topological polar surface area (TPSA) is 69.7 Å². The van der Waals surface area contributed by atoms with Crippen molar-refractivity contribution in [1.82, 2.24) is 0 Å². The Morgan fingerprint density at radius 1 is 1.04 bits per heavy atom. The van der Waals surface area contributed by atoms with Gasteiger partial charge in [-0.3, -0.25) is 9.59 Å². The van der Waals surface area contributed by atoms with E-state index in [1.807, 2.05) is 26.0 Å². The highest BCUT2D eigenvalue weighted by molar-refractivity contribution is 5.97. The Hall–Kier alpha value is -3.60. The van der Waals surface area contributed by atoms with Gasteiger partial charge in [0.25, 0.3) is 0 Å². The summed E-state index contributed by atoms with van der Waals surface area (Å²) in [5, 5.41) is 0.412. The van der Waals surface area contributed by atoms with E-state index in [2.05, 4.69) is 0 Å². The lowest BCUT2D eigenvalue weighted by atomic mass is 10.1. The number of hydrogen-bond acceptors (Lipinski definition) is 5. The monoisotopic (exact) mass is 374 g/mol. The average Bonchev–Trinajstić information content (AvgIpc) is 3.22. The van der Waals surface area contributed by atoms with Gasteiger partial charge in [0.15, 0.2) is 18.2 Å². The third-order valence-corrected chi connectivity index (χ3v) is 4.47. The van der Waals surface area contributed by atoms with E-state index in [0.717, 1.165) is 11.1 Å². The number of aryl methyl sites for hydroxylation is 2. The molecule has 0 saturated carbocycles. The van der Waals surface area contributed by atoms with Gasteiger partial charge in [0.1, 0.15) is 5.58 Å². The number of ether oxygens (including phenoxy) is 1. The van der Waals surface area contributed by atoms with Crippen LogP contribution in [0.3, 0.4) is 0 Å². The van der Waals surface area contributed by atoms with E-state index in [1.165, 1.54) is 6.26 Å². The molecule has 0 aliphatic carbocycles. The van der Waals surface area contributed by atoms with Gasteiger partial charge in [0.2, 0.25) is 16.9 Å². The summed E-state index contributed by atoms with van der Waals surface area (Å²) in [4.78, 5) is 25.6. The van der Waals surface area contributed by atoms with Gasteiger partial charge in [-0.05, 0) is 43.2 Å². The van der Waals surface area contributed by atoms with E-state index in [4.69, 9.17) is 13.6 Å². The molecule has 5 heteroatoms. The first kappa shape index (κ1) is 17.8. The van der Waals surface area contributed by atoms with Gasteiger partial charge in [0, 0.05) is 5.56 Å². The van der Waals surface area contributed by atoms with E-state index in [0.29, 0.717) is 22.3 Å². The number of hydrogen-bond donors (Lipinski definition) is 0. The van der Waals surface area contributed by atoms with Crippen molar-refractivity contribution >= 4 is 16.8 Å². The predicted octanol–water partition coefficient (Wildman–Crippen LogP) is 4.93. The second-order valence-electron chi connectivity index (χ2n) is 6.60. The quantitative estimate of drug-likeness (QED) is 0.463. The molecule has 28 heavy (non-hydrogen) atoms. The Kier molecular flexibility index (Phi) is 4.57. The van der Waals surface area contributed by atoms with E-state index in [1.54, 1.807) is 42.5 Å². The first-order chi connectivity index (χ1) is 13.5. The summed E-state index contributed by atoms with van der Waals surface area (Å²) >= 11 is 0. The maximum atomic E-state index is 13.2. The molecule has 2 heterocycles. The second-order valence-corrected chi connectivity index (χ2v) is 6.60. The van der Waals surface area contributed by atoms with Gasteiger partial charge in [-0.25, -0.2) is 0 Å². The molecule has 0 N–H and O–H groups in total. The summed E-state index contributed by atoms with van der Waals surface area (Å²) in [5.74, 6) is 0.277. The molecule has 0 saturated heterocycles. The molecule has 4 rings (SSSR count). The van der Waals surface area contributed by atoms with E-state index in [9.17, 15) is 9.59 Å². The molecule has 0 unspecified atom stereocenters. The number of carbonyl (C=O) groups is 1. The van der Waals surface area contributed by atoms with Crippen molar-refractivity contribution in [2.45, 2.75) is 13.8 Å². The zero-order valence-electron chi connectivity index (χ0n) is 15.5. The molecule has 2 aromatic carbocycles. The number of rotatable bonds is 5. The molecule has 0 fully saturated rings. The van der Waals surface area contributed by atoms with Crippen LogP contribution >= 0.6 is 0 Å². The second kappa shape index (κ2) is 7.19. The van der Waals surface area contributed by atoms with Gasteiger partial charge in [0.05, 0.1) is 11.6 Å². The van der Waals surface area contributed by atoms with Crippen molar-refractivity contribution in [1.29, 1.82) is 0 Å². The van der Waals surface area contributed by atoms with E-state index < -0.39 is 0 Å². The molecular formula is C23H18O5. The Morgan fingerprint density at radius 2 is 1.82 bits per heavy atom. The number of ketones is 1. The van der Waals surface area contributed by atoms with Crippen molar-refractivity contribution in [2.75, 3.05) is 6.61 Å². The summed E-state index contributed by atoms with van der Waals surface area (Å²) in [7, 11) is 0. The van der Waals surface area contributed by atoms with E-state index in [-0.39, 0.29) is 29.3 Å². The molecule has 0 radical (unpaired) electrons. The highest BCUT2D eigenvalue weighted by Gasteiger charge is 2.22. The largest absolute Gasteiger partial charge is 0.478 e. The molecule has 0 atom stereocenters. The van der Waals surface area contributed by atoms with Crippen LogP contribution in [0.2, 0.25) is 0 Å². The predicted molar refractivity (Wildman–Crippen MR) is 106 cm³/mol. The Balaban J connectivity index is 1.81. The summed E-state index contributed by atoms with van der Waals surface area (Å²) in [5.41, 5.74) is 2.43. The summed E-state index contributed by atoms with van der Waals surface area (Å²) < 4.78 is 17.1. The van der Waals surface area contributed by atoms with Crippen LogP contribution in [-0.2, 0) is 0 Å². The molecule has 0 spiro atoms. The Morgan fingerprint density at radius 3 is 2.54 bits per heavy atom. The zero-order valence-corrected chi connectivity index (χ0v) is 15.5. The lowest BCUT2D eigenvalue weighted by molar-refractivity contribution is 0.0920. The third kappa shape index (κ3) is 3.22. The lowest BCUT2D eigenvalue weighted by Crippen LogP contribution is -2.17. The minimum Gasteiger partial charge on any atom is -0.478 e. The summed E-state index contributed by atoms with van der Waals surface area (Å²) in [6.45, 7) is 3.51. The number of Topliss-reactive ketones (excluding diaryl/α,β-unsaturated/α-hetero) is 1. The molecule has 0 amide bonds. The van der Waals surface area contributed by atoms with E-state index >= 15 is 0 Å². The Labute approximate surface area is 161 Å². The van der Waals surface area contributed by atoms with Crippen molar-refractivity contribution < 1.29 is 18.4 Å². The molecule has 5 nitrogen and oxygen atoms in total. The number of carbonyl (C=O) groups excluding carboxylic acids is 1. The average molecular weight is 374 g/mol. The summed E-state index contributed by atoms with van der Waals surface area (Å²) in [6.07, 6.45) is 1.49. The van der Waals surface area contributed by atoms with Crippen LogP contribution in [0.25, 0.3) is 22.5 Å². The third-order valence-electron chi connectivity index (χ3n) is 4.47. The van der Waals surface area contributed by atoms with Crippen molar-refractivity contribution in [2.24, 2.45) is 0 Å². The van der Waals surface area contributed by atoms with Crippen LogP contribution < -0.4 is 10.2 Å². The lowest BCUT2D eigenvalue weighted by Gasteiger charge is -2.11. The SMILES string of the molecule is Cc1cc(C)c2oc(-c3ccco3)c(OCC(=O)c3ccccc3)c(=O)c2c1. The highest BCUT2D eigenvalue weighted by atomic mass is 16.5. The fourth-order valence-electron chi connectivity index (χ4n) is 3.18. The van der Waals surface area contributed by atoms with Gasteiger partial charge in [-0.15, -0.1) is 0 Å². The zero-order chi connectivity index (χ0) is 19.7. The number of benzene rings is 2. The molecular weight excluding hydrogens is 356 g/mol. The van der Waals surface area contributed by atoms with Gasteiger partial charge >= 0.3 is 0 Å². The minimum atomic E-state index is -0.333. The van der Waals surface area contributed by atoms with Gasteiger partial charge in [-0.2, -0.15) is 0 Å². The first-order valence-electron chi connectivity index (χ1n) is 8.87. The van der Waals surface area contributed by atoms with Crippen LogP contribution in [0.1, 0.15) is 21.5 Å². The molecule has 0 aliphatic heterocycles. The Bertz CT molecular complexity index is 1200. The molecule has 4 aromatic rings. The molecule has 140 valence electrons. The van der Waals surface area contributed by atoms with Crippen LogP contribution in [0.15, 0.2) is 74.5 Å². The first-order valence-corrected chi connectivity index (χ1v) is 8.87. The van der Waals surface area contributed by atoms with Crippen LogP contribution in [-0.4, -0.2) is 12.4 Å². The maximum Gasteiger partial charge on any atom is 0.235 e. The molecule has 0 bridgehead atoms.